The van der Waals surface area contributed by atoms with Crippen molar-refractivity contribution in [2.24, 2.45) is 0 Å². The molecule has 0 aliphatic carbocycles. The van der Waals surface area contributed by atoms with E-state index in [0.717, 1.165) is 31.7 Å². The lowest BCUT2D eigenvalue weighted by atomic mass is 10.2. The Morgan fingerprint density at radius 3 is 3.00 bits per heavy atom. The van der Waals surface area contributed by atoms with E-state index < -0.39 is 0 Å². The SMILES string of the molecule is CCCN1CCC(Nc2nc(N)nc(C)c2Cl)C1. The van der Waals surface area contributed by atoms with Crippen LogP contribution in [0.4, 0.5) is 11.8 Å². The third-order valence-corrected chi connectivity index (χ3v) is 3.64. The molecule has 0 saturated carbocycles. The molecular weight excluding hydrogens is 250 g/mol. The van der Waals surface area contributed by atoms with Crippen LogP contribution in [0.2, 0.25) is 5.02 Å². The molecule has 2 heterocycles. The molecule has 3 N–H and O–H groups in total. The van der Waals surface area contributed by atoms with Gasteiger partial charge >= 0.3 is 0 Å². The smallest absolute Gasteiger partial charge is 0.222 e. The van der Waals surface area contributed by atoms with Crippen molar-refractivity contribution >= 4 is 23.4 Å². The Hall–Kier alpha value is -1.07. The van der Waals surface area contributed by atoms with Gasteiger partial charge in [-0.1, -0.05) is 18.5 Å². The van der Waals surface area contributed by atoms with Crippen LogP contribution >= 0.6 is 11.6 Å². The molecule has 0 spiro atoms. The maximum absolute atomic E-state index is 6.18. The van der Waals surface area contributed by atoms with E-state index in [2.05, 4.69) is 27.1 Å². The van der Waals surface area contributed by atoms with E-state index in [9.17, 15) is 0 Å². The van der Waals surface area contributed by atoms with Gasteiger partial charge in [0.15, 0.2) is 5.82 Å². The highest BCUT2D eigenvalue weighted by Crippen LogP contribution is 2.25. The summed E-state index contributed by atoms with van der Waals surface area (Å²) in [6, 6.07) is 0.391. The van der Waals surface area contributed by atoms with Crippen LogP contribution in [0, 0.1) is 6.92 Å². The Kier molecular flexibility index (Phi) is 4.24. The molecular formula is C12H20ClN5. The third kappa shape index (κ3) is 3.03. The molecule has 5 nitrogen and oxygen atoms in total. The van der Waals surface area contributed by atoms with Gasteiger partial charge in [0.2, 0.25) is 5.95 Å². The molecule has 1 aromatic rings. The highest BCUT2D eigenvalue weighted by molar-refractivity contribution is 6.33. The van der Waals surface area contributed by atoms with Gasteiger partial charge in [0.1, 0.15) is 5.02 Å². The summed E-state index contributed by atoms with van der Waals surface area (Å²) in [7, 11) is 0. The molecule has 1 aliphatic heterocycles. The minimum absolute atomic E-state index is 0.266. The standard InChI is InChI=1S/C12H20ClN5/c1-3-5-18-6-4-9(7-18)16-11-10(13)8(2)15-12(14)17-11/h9H,3-7H2,1-2H3,(H3,14,15,16,17). The maximum atomic E-state index is 6.18. The lowest BCUT2D eigenvalue weighted by Gasteiger charge is -2.17. The molecule has 1 aliphatic rings. The molecule has 1 aromatic heterocycles. The largest absolute Gasteiger partial charge is 0.368 e. The molecule has 0 bridgehead atoms. The van der Waals surface area contributed by atoms with Gasteiger partial charge in [-0.25, -0.2) is 4.98 Å². The maximum Gasteiger partial charge on any atom is 0.222 e. The molecule has 0 amide bonds. The second-order valence-corrected chi connectivity index (χ2v) is 5.14. The first-order chi connectivity index (χ1) is 8.60. The van der Waals surface area contributed by atoms with E-state index in [0.29, 0.717) is 16.9 Å². The van der Waals surface area contributed by atoms with Crippen molar-refractivity contribution in [1.82, 2.24) is 14.9 Å². The lowest BCUT2D eigenvalue weighted by molar-refractivity contribution is 0.337. The number of hydrogen-bond acceptors (Lipinski definition) is 5. The summed E-state index contributed by atoms with van der Waals surface area (Å²) < 4.78 is 0. The summed E-state index contributed by atoms with van der Waals surface area (Å²) in [5, 5.41) is 3.94. The van der Waals surface area contributed by atoms with Crippen LogP contribution in [-0.4, -0.2) is 40.5 Å². The zero-order valence-corrected chi connectivity index (χ0v) is 11.7. The average Bonchev–Trinajstić information content (AvgIpc) is 2.73. The van der Waals surface area contributed by atoms with Crippen molar-refractivity contribution in [2.75, 3.05) is 30.7 Å². The molecule has 1 atom stereocenters. The van der Waals surface area contributed by atoms with E-state index in [-0.39, 0.29) is 5.95 Å². The van der Waals surface area contributed by atoms with Gasteiger partial charge in [-0.15, -0.1) is 0 Å². The van der Waals surface area contributed by atoms with Crippen LogP contribution in [-0.2, 0) is 0 Å². The summed E-state index contributed by atoms with van der Waals surface area (Å²) in [5.74, 6) is 0.924. The number of halogens is 1. The quantitative estimate of drug-likeness (QED) is 0.874. The van der Waals surface area contributed by atoms with Gasteiger partial charge in [0.25, 0.3) is 0 Å². The number of nitrogens with two attached hydrogens (primary N) is 1. The van der Waals surface area contributed by atoms with Gasteiger partial charge in [0.05, 0.1) is 5.69 Å². The topological polar surface area (TPSA) is 67.1 Å². The predicted molar refractivity (Wildman–Crippen MR) is 75.0 cm³/mol. The number of nitrogens with one attached hydrogen (secondary N) is 1. The highest BCUT2D eigenvalue weighted by atomic mass is 35.5. The summed E-state index contributed by atoms with van der Waals surface area (Å²) in [5.41, 5.74) is 6.36. The summed E-state index contributed by atoms with van der Waals surface area (Å²) >= 11 is 6.18. The fraction of sp³-hybridized carbons (Fsp3) is 0.667. The zero-order chi connectivity index (χ0) is 13.1. The molecule has 100 valence electrons. The van der Waals surface area contributed by atoms with Crippen molar-refractivity contribution in [3.8, 4) is 0 Å². The molecule has 0 radical (unpaired) electrons. The van der Waals surface area contributed by atoms with Crippen molar-refractivity contribution < 1.29 is 0 Å². The van der Waals surface area contributed by atoms with E-state index in [1.807, 2.05) is 6.92 Å². The molecule has 0 aromatic carbocycles. The van der Waals surface area contributed by atoms with E-state index >= 15 is 0 Å². The van der Waals surface area contributed by atoms with Crippen LogP contribution in [0.5, 0.6) is 0 Å². The average molecular weight is 270 g/mol. The number of nitrogen functional groups attached to an aromatic ring is 1. The van der Waals surface area contributed by atoms with Crippen molar-refractivity contribution in [1.29, 1.82) is 0 Å². The molecule has 6 heteroatoms. The summed E-state index contributed by atoms with van der Waals surface area (Å²) in [6.07, 6.45) is 2.30. The number of aromatic nitrogens is 2. The Balaban J connectivity index is 2.02. The molecule has 1 fully saturated rings. The number of rotatable bonds is 4. The second kappa shape index (κ2) is 5.71. The number of likely N-dealkylation sites (tertiary alicyclic amines) is 1. The van der Waals surface area contributed by atoms with Gasteiger partial charge in [-0.05, 0) is 26.3 Å². The van der Waals surface area contributed by atoms with Crippen LogP contribution in [0.15, 0.2) is 0 Å². The second-order valence-electron chi connectivity index (χ2n) is 4.76. The van der Waals surface area contributed by atoms with E-state index in [1.54, 1.807) is 0 Å². The van der Waals surface area contributed by atoms with E-state index in [4.69, 9.17) is 17.3 Å². The predicted octanol–water partition coefficient (Wildman–Crippen LogP) is 1.92. The summed E-state index contributed by atoms with van der Waals surface area (Å²) in [4.78, 5) is 10.7. The van der Waals surface area contributed by atoms with Crippen LogP contribution in [0.3, 0.4) is 0 Å². The van der Waals surface area contributed by atoms with Crippen LogP contribution < -0.4 is 11.1 Å². The van der Waals surface area contributed by atoms with Gasteiger partial charge in [0, 0.05) is 19.1 Å². The first-order valence-electron chi connectivity index (χ1n) is 6.38. The first-order valence-corrected chi connectivity index (χ1v) is 6.76. The fourth-order valence-electron chi connectivity index (χ4n) is 2.34. The Morgan fingerprint density at radius 1 is 1.50 bits per heavy atom. The van der Waals surface area contributed by atoms with Crippen LogP contribution in [0.1, 0.15) is 25.5 Å². The van der Waals surface area contributed by atoms with E-state index in [1.165, 1.54) is 6.42 Å². The Bertz CT molecular complexity index is 423. The fourth-order valence-corrected chi connectivity index (χ4v) is 2.48. The van der Waals surface area contributed by atoms with Crippen LogP contribution in [0.25, 0.3) is 0 Å². The number of nitrogens with zero attached hydrogens (tertiary/aromatic N) is 3. The molecule has 18 heavy (non-hydrogen) atoms. The molecule has 2 rings (SSSR count). The third-order valence-electron chi connectivity index (χ3n) is 3.19. The molecule has 1 saturated heterocycles. The minimum atomic E-state index is 0.266. The number of aryl methyl sites for hydroxylation is 1. The van der Waals surface area contributed by atoms with Crippen molar-refractivity contribution in [3.05, 3.63) is 10.7 Å². The van der Waals surface area contributed by atoms with Gasteiger partial charge in [-0.2, -0.15) is 4.98 Å². The van der Waals surface area contributed by atoms with Crippen molar-refractivity contribution in [2.45, 2.75) is 32.7 Å². The lowest BCUT2D eigenvalue weighted by Crippen LogP contribution is -2.27. The highest BCUT2D eigenvalue weighted by Gasteiger charge is 2.23. The number of anilines is 2. The zero-order valence-electron chi connectivity index (χ0n) is 10.9. The Labute approximate surface area is 113 Å². The minimum Gasteiger partial charge on any atom is -0.368 e. The van der Waals surface area contributed by atoms with Crippen molar-refractivity contribution in [3.63, 3.8) is 0 Å². The summed E-state index contributed by atoms with van der Waals surface area (Å²) in [6.45, 7) is 7.35. The number of hydrogen-bond donors (Lipinski definition) is 2. The monoisotopic (exact) mass is 269 g/mol. The van der Waals surface area contributed by atoms with Gasteiger partial charge in [-0.3, -0.25) is 0 Å². The normalized spacial score (nSPS) is 20.3. The first kappa shape index (κ1) is 13.4. The Morgan fingerprint density at radius 2 is 2.28 bits per heavy atom. The van der Waals surface area contributed by atoms with Gasteiger partial charge < -0.3 is 16.0 Å². The molecule has 1 unspecified atom stereocenters.